The number of nitrogens with two attached hydrogens (primary N) is 1. The molecule has 0 radical (unpaired) electrons. The van der Waals surface area contributed by atoms with E-state index in [1.165, 1.54) is 11.3 Å². The Kier molecular flexibility index (Phi) is 3.37. The van der Waals surface area contributed by atoms with E-state index in [-0.39, 0.29) is 5.91 Å². The standard InChI is InChI=1S/C15H19N3O2S/c1-9-4-5-10-11(16)12(21-13(10)17-9)14(19)18-7-3-6-15(2,20)8-18/h4-5,20H,3,6-8,16H2,1-2H3. The molecule has 112 valence electrons. The number of hydrogen-bond acceptors (Lipinski definition) is 5. The summed E-state index contributed by atoms with van der Waals surface area (Å²) in [4.78, 5) is 20.1. The molecule has 1 fully saturated rings. The SMILES string of the molecule is Cc1ccc2c(N)c(C(=O)N3CCCC(C)(O)C3)sc2n1. The Bertz CT molecular complexity index is 708. The zero-order chi connectivity index (χ0) is 15.2. The van der Waals surface area contributed by atoms with Crippen molar-refractivity contribution in [3.8, 4) is 0 Å². The molecule has 3 rings (SSSR count). The van der Waals surface area contributed by atoms with Crippen LogP contribution in [0.3, 0.4) is 0 Å². The van der Waals surface area contributed by atoms with Crippen molar-refractivity contribution in [2.24, 2.45) is 0 Å². The van der Waals surface area contributed by atoms with Crippen LogP contribution in [0.4, 0.5) is 5.69 Å². The maximum absolute atomic E-state index is 12.7. The van der Waals surface area contributed by atoms with Crippen LogP contribution in [-0.2, 0) is 0 Å². The second-order valence-electron chi connectivity index (χ2n) is 5.98. The number of aliphatic hydroxyl groups is 1. The molecule has 0 saturated carbocycles. The quantitative estimate of drug-likeness (QED) is 0.846. The second-order valence-corrected chi connectivity index (χ2v) is 6.98. The van der Waals surface area contributed by atoms with E-state index in [0.29, 0.717) is 23.7 Å². The third kappa shape index (κ3) is 2.61. The summed E-state index contributed by atoms with van der Waals surface area (Å²) in [5.74, 6) is -0.104. The number of likely N-dealkylation sites (tertiary alicyclic amines) is 1. The molecule has 2 aromatic rings. The van der Waals surface area contributed by atoms with E-state index in [1.54, 1.807) is 11.8 Å². The first-order chi connectivity index (χ1) is 9.87. The number of fused-ring (bicyclic) bond motifs is 1. The van der Waals surface area contributed by atoms with Crippen LogP contribution >= 0.6 is 11.3 Å². The Labute approximate surface area is 127 Å². The van der Waals surface area contributed by atoms with Crippen LogP contribution in [0.1, 0.15) is 35.1 Å². The highest BCUT2D eigenvalue weighted by Crippen LogP contribution is 2.34. The number of β-amino-alcohol motifs (C(OH)–C–C–N with tert-alkyl or cyclic N) is 1. The van der Waals surface area contributed by atoms with Gasteiger partial charge < -0.3 is 15.7 Å². The second kappa shape index (κ2) is 4.96. The number of aryl methyl sites for hydroxylation is 1. The number of nitrogen functional groups attached to an aromatic ring is 1. The smallest absolute Gasteiger partial charge is 0.266 e. The first-order valence-electron chi connectivity index (χ1n) is 7.05. The summed E-state index contributed by atoms with van der Waals surface area (Å²) < 4.78 is 0. The van der Waals surface area contributed by atoms with E-state index >= 15 is 0 Å². The van der Waals surface area contributed by atoms with E-state index in [0.717, 1.165) is 28.8 Å². The van der Waals surface area contributed by atoms with Crippen LogP contribution in [0, 0.1) is 6.92 Å². The van der Waals surface area contributed by atoms with Gasteiger partial charge in [0.1, 0.15) is 9.71 Å². The van der Waals surface area contributed by atoms with Gasteiger partial charge >= 0.3 is 0 Å². The summed E-state index contributed by atoms with van der Waals surface area (Å²) >= 11 is 1.33. The molecule has 1 unspecified atom stereocenters. The van der Waals surface area contributed by atoms with Gasteiger partial charge in [0.15, 0.2) is 0 Å². The Morgan fingerprint density at radius 1 is 1.52 bits per heavy atom. The van der Waals surface area contributed by atoms with Gasteiger partial charge in [0.25, 0.3) is 5.91 Å². The lowest BCUT2D eigenvalue weighted by Gasteiger charge is -2.36. The molecule has 1 aliphatic rings. The topological polar surface area (TPSA) is 79.5 Å². The summed E-state index contributed by atoms with van der Waals surface area (Å²) in [5.41, 5.74) is 6.72. The van der Waals surface area contributed by atoms with E-state index in [9.17, 15) is 9.90 Å². The third-order valence-electron chi connectivity index (χ3n) is 3.89. The number of amides is 1. The molecule has 3 N–H and O–H groups in total. The molecule has 2 aromatic heterocycles. The largest absolute Gasteiger partial charge is 0.397 e. The fourth-order valence-electron chi connectivity index (χ4n) is 2.79. The highest BCUT2D eigenvalue weighted by Gasteiger charge is 2.32. The third-order valence-corrected chi connectivity index (χ3v) is 4.99. The molecular weight excluding hydrogens is 286 g/mol. The molecule has 1 saturated heterocycles. The first-order valence-corrected chi connectivity index (χ1v) is 7.86. The number of rotatable bonds is 1. The molecule has 1 atom stereocenters. The summed E-state index contributed by atoms with van der Waals surface area (Å²) in [6, 6.07) is 3.80. The Morgan fingerprint density at radius 3 is 3.00 bits per heavy atom. The number of hydrogen-bond donors (Lipinski definition) is 2. The fraction of sp³-hybridized carbons (Fsp3) is 0.467. The number of carbonyl (C=O) groups is 1. The highest BCUT2D eigenvalue weighted by atomic mass is 32.1. The van der Waals surface area contributed by atoms with Crippen molar-refractivity contribution in [3.63, 3.8) is 0 Å². The minimum atomic E-state index is -0.811. The zero-order valence-electron chi connectivity index (χ0n) is 12.2. The first kappa shape index (κ1) is 14.3. The van der Waals surface area contributed by atoms with Gasteiger partial charge in [0.05, 0.1) is 11.3 Å². The maximum Gasteiger partial charge on any atom is 0.266 e. The predicted molar refractivity (Wildman–Crippen MR) is 84.5 cm³/mol. The predicted octanol–water partition coefficient (Wildman–Crippen LogP) is 2.17. The monoisotopic (exact) mass is 305 g/mol. The van der Waals surface area contributed by atoms with Gasteiger partial charge in [-0.3, -0.25) is 4.79 Å². The van der Waals surface area contributed by atoms with Gasteiger partial charge in [0, 0.05) is 24.2 Å². The molecule has 1 aliphatic heterocycles. The highest BCUT2D eigenvalue weighted by molar-refractivity contribution is 7.21. The van der Waals surface area contributed by atoms with Crippen LogP contribution in [0.5, 0.6) is 0 Å². The number of aromatic nitrogens is 1. The van der Waals surface area contributed by atoms with Gasteiger partial charge in [0.2, 0.25) is 0 Å². The molecule has 0 aliphatic carbocycles. The van der Waals surface area contributed by atoms with Crippen molar-refractivity contribution in [1.82, 2.24) is 9.88 Å². The summed E-state index contributed by atoms with van der Waals surface area (Å²) in [7, 11) is 0. The van der Waals surface area contributed by atoms with Crippen molar-refractivity contribution >= 4 is 33.1 Å². The number of anilines is 1. The van der Waals surface area contributed by atoms with Gasteiger partial charge in [-0.15, -0.1) is 11.3 Å². The molecule has 6 heteroatoms. The minimum absolute atomic E-state index is 0.104. The molecule has 0 bridgehead atoms. The summed E-state index contributed by atoms with van der Waals surface area (Å²) in [6.07, 6.45) is 1.53. The van der Waals surface area contributed by atoms with Crippen molar-refractivity contribution < 1.29 is 9.90 Å². The average Bonchev–Trinajstić information content (AvgIpc) is 2.73. The number of pyridine rings is 1. The lowest BCUT2D eigenvalue weighted by atomic mass is 9.95. The van der Waals surface area contributed by atoms with E-state index in [1.807, 2.05) is 19.1 Å². The van der Waals surface area contributed by atoms with Gasteiger partial charge in [-0.1, -0.05) is 0 Å². The Morgan fingerprint density at radius 2 is 2.29 bits per heavy atom. The van der Waals surface area contributed by atoms with Crippen LogP contribution in [0.15, 0.2) is 12.1 Å². The Hall–Kier alpha value is -1.66. The molecule has 5 nitrogen and oxygen atoms in total. The summed E-state index contributed by atoms with van der Waals surface area (Å²) in [6.45, 7) is 4.70. The lowest BCUT2D eigenvalue weighted by molar-refractivity contribution is -0.0105. The molecule has 1 amide bonds. The van der Waals surface area contributed by atoms with E-state index < -0.39 is 5.60 Å². The minimum Gasteiger partial charge on any atom is -0.397 e. The average molecular weight is 305 g/mol. The summed E-state index contributed by atoms with van der Waals surface area (Å²) in [5, 5.41) is 11.0. The van der Waals surface area contributed by atoms with Crippen molar-refractivity contribution in [2.45, 2.75) is 32.3 Å². The van der Waals surface area contributed by atoms with Gasteiger partial charge in [-0.2, -0.15) is 0 Å². The van der Waals surface area contributed by atoms with Crippen LogP contribution in [-0.4, -0.2) is 39.6 Å². The van der Waals surface area contributed by atoms with Crippen molar-refractivity contribution in [2.75, 3.05) is 18.8 Å². The maximum atomic E-state index is 12.7. The molecular formula is C15H19N3O2S. The van der Waals surface area contributed by atoms with Crippen LogP contribution in [0.25, 0.3) is 10.2 Å². The number of carbonyl (C=O) groups excluding carboxylic acids is 1. The van der Waals surface area contributed by atoms with Crippen LogP contribution < -0.4 is 5.73 Å². The number of thiophene rings is 1. The van der Waals surface area contributed by atoms with Crippen molar-refractivity contribution in [3.05, 3.63) is 22.7 Å². The van der Waals surface area contributed by atoms with Gasteiger partial charge in [-0.05, 0) is 38.8 Å². The van der Waals surface area contributed by atoms with Crippen LogP contribution in [0.2, 0.25) is 0 Å². The van der Waals surface area contributed by atoms with E-state index in [4.69, 9.17) is 5.73 Å². The number of nitrogens with zero attached hydrogens (tertiary/aromatic N) is 2. The zero-order valence-corrected chi connectivity index (χ0v) is 13.0. The lowest BCUT2D eigenvalue weighted by Crippen LogP contribution is -2.48. The fourth-order valence-corrected chi connectivity index (χ4v) is 3.89. The normalized spacial score (nSPS) is 22.7. The van der Waals surface area contributed by atoms with Gasteiger partial charge in [-0.25, -0.2) is 4.98 Å². The number of piperidine rings is 1. The van der Waals surface area contributed by atoms with E-state index in [2.05, 4.69) is 4.98 Å². The Balaban J connectivity index is 1.96. The molecule has 0 spiro atoms. The van der Waals surface area contributed by atoms with Crippen molar-refractivity contribution in [1.29, 1.82) is 0 Å². The molecule has 21 heavy (non-hydrogen) atoms. The molecule has 3 heterocycles. The molecule has 0 aromatic carbocycles.